The van der Waals surface area contributed by atoms with Gasteiger partial charge in [0.2, 0.25) is 5.91 Å². The second-order valence-corrected chi connectivity index (χ2v) is 10.2. The molecule has 3 N–H and O–H groups in total. The normalized spacial score (nSPS) is 16.7. The van der Waals surface area contributed by atoms with Crippen LogP contribution in [0.25, 0.3) is 16.7 Å². The van der Waals surface area contributed by atoms with Gasteiger partial charge in [-0.15, -0.1) is 0 Å². The molecule has 2 amide bonds. The van der Waals surface area contributed by atoms with Gasteiger partial charge < -0.3 is 15.3 Å². The molecule has 0 spiro atoms. The Kier molecular flexibility index (Phi) is 6.70. The van der Waals surface area contributed by atoms with Gasteiger partial charge in [0.1, 0.15) is 0 Å². The first kappa shape index (κ1) is 25.9. The predicted octanol–water partition coefficient (Wildman–Crippen LogP) is 4.77. The zero-order chi connectivity index (χ0) is 29.2. The Morgan fingerprint density at radius 2 is 1.02 bits per heavy atom. The monoisotopic (exact) mass is 558 g/mol. The average molecular weight is 559 g/mol. The number of aliphatic imine (C=N–C) groups is 1. The number of nitrogens with zero attached hydrogens (tertiary/aromatic N) is 1. The smallest absolute Gasteiger partial charge is 0.270 e. The van der Waals surface area contributed by atoms with Crippen LogP contribution < -0.4 is 16.0 Å². The molecule has 4 heterocycles. The molecular weight excluding hydrogens is 532 g/mol. The van der Waals surface area contributed by atoms with Gasteiger partial charge in [0.15, 0.2) is 0 Å². The molecule has 6 heteroatoms. The first-order valence-electron chi connectivity index (χ1n) is 14.0. The molecule has 0 fully saturated rings. The first-order valence-corrected chi connectivity index (χ1v) is 14.0. The lowest BCUT2D eigenvalue weighted by Gasteiger charge is -2.11. The van der Waals surface area contributed by atoms with Gasteiger partial charge in [-0.05, 0) is 53.1 Å². The minimum Gasteiger partial charge on any atom is -0.354 e. The fourth-order valence-corrected chi connectivity index (χ4v) is 5.55. The third-order valence-electron chi connectivity index (χ3n) is 7.44. The van der Waals surface area contributed by atoms with Crippen LogP contribution in [0, 0.1) is 0 Å². The molecule has 3 aromatic carbocycles. The number of aromatic amines is 2. The van der Waals surface area contributed by atoms with Crippen molar-refractivity contribution in [2.45, 2.75) is 0 Å². The fraction of sp³-hybridized carbons (Fsp3) is 0. The van der Waals surface area contributed by atoms with Crippen molar-refractivity contribution in [2.75, 3.05) is 0 Å². The van der Waals surface area contributed by atoms with Gasteiger partial charge in [0.25, 0.3) is 5.91 Å². The molecule has 0 saturated carbocycles. The maximum absolute atomic E-state index is 12.1. The summed E-state index contributed by atoms with van der Waals surface area (Å²) in [7, 11) is 0. The van der Waals surface area contributed by atoms with Gasteiger partial charge in [-0.1, -0.05) is 91.0 Å². The number of carbonyl (C=O) groups excluding carboxylic acids is 2. The molecule has 0 atom stereocenters. The molecular formula is C37H26N4O2. The highest BCUT2D eigenvalue weighted by molar-refractivity contribution is 6.34. The van der Waals surface area contributed by atoms with Crippen molar-refractivity contribution < 1.29 is 9.59 Å². The van der Waals surface area contributed by atoms with Gasteiger partial charge in [0, 0.05) is 51.0 Å². The summed E-state index contributed by atoms with van der Waals surface area (Å²) < 4.78 is 0. The van der Waals surface area contributed by atoms with Gasteiger partial charge in [-0.2, -0.15) is 0 Å². The molecule has 206 valence electrons. The van der Waals surface area contributed by atoms with E-state index < -0.39 is 0 Å². The lowest BCUT2D eigenvalue weighted by atomic mass is 10.0. The van der Waals surface area contributed by atoms with E-state index in [2.05, 4.69) is 44.5 Å². The third kappa shape index (κ3) is 5.13. The van der Waals surface area contributed by atoms with E-state index in [-0.39, 0.29) is 11.8 Å². The molecule has 2 aliphatic heterocycles. The van der Waals surface area contributed by atoms with E-state index in [4.69, 9.17) is 0 Å². The van der Waals surface area contributed by atoms with E-state index in [1.54, 1.807) is 12.2 Å². The van der Waals surface area contributed by atoms with Crippen LogP contribution in [0.5, 0.6) is 0 Å². The van der Waals surface area contributed by atoms with E-state index in [0.29, 0.717) is 5.71 Å². The van der Waals surface area contributed by atoms with Gasteiger partial charge in [-0.25, -0.2) is 4.99 Å². The minimum absolute atomic E-state index is 0.139. The second kappa shape index (κ2) is 11.1. The van der Waals surface area contributed by atoms with Crippen molar-refractivity contribution in [1.29, 1.82) is 0 Å². The number of hydrogen-bond donors (Lipinski definition) is 3. The predicted molar refractivity (Wildman–Crippen MR) is 169 cm³/mol. The Morgan fingerprint density at radius 1 is 0.488 bits per heavy atom. The Balaban J connectivity index is 1.45. The van der Waals surface area contributed by atoms with Crippen LogP contribution in [0.2, 0.25) is 0 Å². The summed E-state index contributed by atoms with van der Waals surface area (Å²) in [6, 6.07) is 38.3. The lowest BCUT2D eigenvalue weighted by molar-refractivity contribution is -0.115. The third-order valence-corrected chi connectivity index (χ3v) is 7.44. The minimum atomic E-state index is -0.262. The molecule has 43 heavy (non-hydrogen) atoms. The van der Waals surface area contributed by atoms with Crippen LogP contribution >= 0.6 is 0 Å². The van der Waals surface area contributed by atoms with E-state index in [1.807, 2.05) is 97.1 Å². The molecule has 2 aliphatic rings. The van der Waals surface area contributed by atoms with Gasteiger partial charge in [-0.3, -0.25) is 9.59 Å². The van der Waals surface area contributed by atoms with E-state index in [9.17, 15) is 9.59 Å². The number of H-pyrrole nitrogens is 2. The zero-order valence-electron chi connectivity index (χ0n) is 23.0. The Morgan fingerprint density at radius 3 is 1.56 bits per heavy atom. The summed E-state index contributed by atoms with van der Waals surface area (Å²) in [5.74, 6) is -0.401. The topological polar surface area (TPSA) is 90.1 Å². The summed E-state index contributed by atoms with van der Waals surface area (Å²) >= 11 is 0. The molecule has 0 saturated heterocycles. The number of aromatic nitrogens is 2. The highest BCUT2D eigenvalue weighted by atomic mass is 16.2. The highest BCUT2D eigenvalue weighted by Gasteiger charge is 2.19. The number of allylic oxidation sites excluding steroid dienone is 2. The summed E-state index contributed by atoms with van der Waals surface area (Å²) in [5.41, 5.74) is 8.88. The number of carbonyl (C=O) groups is 2. The standard InChI is InChI=1S/C37H26N4O2/c42-33-22-20-31(40-33)36(25-12-6-2-7-13-25)29-18-16-27(38-29)35(24-10-4-1-5-11-24)28-17-19-30(39-28)37(26-14-8-3-9-15-26)32-21-23-34(43)41-32/h1-23,38-39H,(H,40,42)/b35-28-,36-31-,37-30-. The quantitative estimate of drug-likeness (QED) is 0.280. The number of amides is 2. The molecule has 2 aromatic heterocycles. The van der Waals surface area contributed by atoms with Crippen molar-refractivity contribution in [3.63, 3.8) is 0 Å². The summed E-state index contributed by atoms with van der Waals surface area (Å²) in [6.07, 6.45) is 6.61. The summed E-state index contributed by atoms with van der Waals surface area (Å²) in [5, 5.41) is 4.72. The summed E-state index contributed by atoms with van der Waals surface area (Å²) in [4.78, 5) is 35.7. The zero-order valence-corrected chi connectivity index (χ0v) is 23.0. The maximum Gasteiger partial charge on any atom is 0.270 e. The summed E-state index contributed by atoms with van der Waals surface area (Å²) in [6.45, 7) is 0. The van der Waals surface area contributed by atoms with Crippen LogP contribution in [-0.2, 0) is 9.59 Å². The molecule has 5 aromatic rings. The Hall–Kier alpha value is -6.01. The van der Waals surface area contributed by atoms with Crippen LogP contribution in [0.15, 0.2) is 150 Å². The van der Waals surface area contributed by atoms with Gasteiger partial charge >= 0.3 is 0 Å². The van der Waals surface area contributed by atoms with Crippen molar-refractivity contribution in [3.05, 3.63) is 184 Å². The molecule has 0 bridgehead atoms. The Bertz CT molecular complexity index is 2110. The largest absolute Gasteiger partial charge is 0.354 e. The maximum atomic E-state index is 12.1. The van der Waals surface area contributed by atoms with Crippen molar-refractivity contribution >= 4 is 34.2 Å². The molecule has 0 unspecified atom stereocenters. The average Bonchev–Trinajstić information content (AvgIpc) is 3.86. The second-order valence-electron chi connectivity index (χ2n) is 10.2. The Labute approximate surface area is 247 Å². The molecule has 6 nitrogen and oxygen atoms in total. The number of rotatable bonds is 6. The van der Waals surface area contributed by atoms with Crippen molar-refractivity contribution in [2.24, 2.45) is 4.99 Å². The lowest BCUT2D eigenvalue weighted by Crippen LogP contribution is -2.19. The number of hydrogen-bond acceptors (Lipinski definition) is 2. The first-order chi connectivity index (χ1) is 21.1. The van der Waals surface area contributed by atoms with Crippen LogP contribution in [0.1, 0.15) is 28.1 Å². The van der Waals surface area contributed by atoms with Crippen LogP contribution in [0.3, 0.4) is 0 Å². The van der Waals surface area contributed by atoms with Crippen molar-refractivity contribution in [1.82, 2.24) is 15.3 Å². The molecule has 0 aliphatic carbocycles. The van der Waals surface area contributed by atoms with Crippen LogP contribution in [-0.4, -0.2) is 27.5 Å². The molecule has 7 rings (SSSR count). The van der Waals surface area contributed by atoms with E-state index in [1.165, 1.54) is 6.08 Å². The molecule has 0 radical (unpaired) electrons. The fourth-order valence-electron chi connectivity index (χ4n) is 5.55. The SMILES string of the molecule is O=C1C=CC(/C(c2ccccc2)=c2/cc/c(=C(\c3ccccc3)c3ccc(/C(=C4/C=CC(=O)N4)c4ccccc4)[nH]3)[nH]2)=N1. The van der Waals surface area contributed by atoms with Crippen molar-refractivity contribution in [3.8, 4) is 0 Å². The number of benzene rings is 3. The van der Waals surface area contributed by atoms with E-state index in [0.717, 1.165) is 61.2 Å². The van der Waals surface area contributed by atoms with Gasteiger partial charge in [0.05, 0.1) is 11.4 Å². The van der Waals surface area contributed by atoms with Crippen LogP contribution in [0.4, 0.5) is 0 Å². The van der Waals surface area contributed by atoms with E-state index >= 15 is 0 Å². The number of nitrogens with one attached hydrogen (secondary N) is 3. The highest BCUT2D eigenvalue weighted by Crippen LogP contribution is 2.30.